The van der Waals surface area contributed by atoms with Crippen molar-refractivity contribution in [2.45, 2.75) is 46.1 Å². The largest absolute Gasteiger partial charge is 0.393 e. The van der Waals surface area contributed by atoms with Crippen LogP contribution in [0.2, 0.25) is 0 Å². The topological polar surface area (TPSA) is 63.4 Å². The van der Waals surface area contributed by atoms with E-state index in [9.17, 15) is 15.2 Å². The lowest BCUT2D eigenvalue weighted by Gasteiger charge is -2.20. The van der Waals surface area contributed by atoms with Gasteiger partial charge in [-0.3, -0.25) is 10.1 Å². The van der Waals surface area contributed by atoms with Gasteiger partial charge in [-0.25, -0.2) is 0 Å². The Balaban J connectivity index is 2.49. The van der Waals surface area contributed by atoms with E-state index in [1.807, 2.05) is 0 Å². The second-order valence-corrected chi connectivity index (χ2v) is 5.88. The third kappa shape index (κ3) is 5.27. The molecule has 1 unspecified atom stereocenters. The highest BCUT2D eigenvalue weighted by molar-refractivity contribution is 5.33. The maximum atomic E-state index is 10.5. The van der Waals surface area contributed by atoms with Gasteiger partial charge in [0.05, 0.1) is 11.0 Å². The first-order valence-corrected chi connectivity index (χ1v) is 6.19. The molecule has 1 rings (SSSR count). The Bertz CT molecular complexity index is 392. The number of rotatable bonds is 5. The van der Waals surface area contributed by atoms with Gasteiger partial charge in [0.2, 0.25) is 0 Å². The Morgan fingerprint density at radius 1 is 1.28 bits per heavy atom. The van der Waals surface area contributed by atoms with Crippen molar-refractivity contribution in [1.82, 2.24) is 0 Å². The highest BCUT2D eigenvalue weighted by Gasteiger charge is 2.14. The molecular weight excluding hydrogens is 230 g/mol. The van der Waals surface area contributed by atoms with E-state index in [4.69, 9.17) is 0 Å². The third-order valence-electron chi connectivity index (χ3n) is 2.85. The van der Waals surface area contributed by atoms with Gasteiger partial charge < -0.3 is 5.11 Å². The zero-order valence-corrected chi connectivity index (χ0v) is 11.2. The van der Waals surface area contributed by atoms with Crippen LogP contribution >= 0.6 is 0 Å². The molecule has 18 heavy (non-hydrogen) atoms. The van der Waals surface area contributed by atoms with Crippen LogP contribution in [0.25, 0.3) is 0 Å². The number of non-ortho nitro benzene ring substituents is 1. The minimum atomic E-state index is -0.417. The highest BCUT2D eigenvalue weighted by Crippen LogP contribution is 2.23. The number of hydrogen-bond acceptors (Lipinski definition) is 3. The number of aliphatic hydroxyl groups is 1. The van der Waals surface area contributed by atoms with E-state index in [1.165, 1.54) is 12.1 Å². The average Bonchev–Trinajstić information content (AvgIpc) is 2.26. The quantitative estimate of drug-likeness (QED) is 0.645. The SMILES string of the molecule is CC(C)(C)CCC(O)Cc1ccc([N+](=O)[O-])cc1. The lowest BCUT2D eigenvalue weighted by Crippen LogP contribution is -2.15. The van der Waals surface area contributed by atoms with Gasteiger partial charge in [-0.15, -0.1) is 0 Å². The molecule has 0 fully saturated rings. The summed E-state index contributed by atoms with van der Waals surface area (Å²) < 4.78 is 0. The van der Waals surface area contributed by atoms with E-state index in [2.05, 4.69) is 20.8 Å². The van der Waals surface area contributed by atoms with Crippen LogP contribution in [0.3, 0.4) is 0 Å². The molecule has 0 aliphatic rings. The number of nitro benzene ring substituents is 1. The van der Waals surface area contributed by atoms with Gasteiger partial charge in [-0.2, -0.15) is 0 Å². The van der Waals surface area contributed by atoms with Crippen LogP contribution in [-0.4, -0.2) is 16.1 Å². The van der Waals surface area contributed by atoms with Crippen molar-refractivity contribution in [3.63, 3.8) is 0 Å². The van der Waals surface area contributed by atoms with Crippen LogP contribution in [0.1, 0.15) is 39.2 Å². The monoisotopic (exact) mass is 251 g/mol. The van der Waals surface area contributed by atoms with Crippen molar-refractivity contribution in [1.29, 1.82) is 0 Å². The number of nitrogens with zero attached hydrogens (tertiary/aromatic N) is 1. The van der Waals surface area contributed by atoms with E-state index >= 15 is 0 Å². The molecule has 0 heterocycles. The number of nitro groups is 1. The Morgan fingerprint density at radius 3 is 2.28 bits per heavy atom. The molecule has 100 valence electrons. The molecule has 0 radical (unpaired) electrons. The number of hydrogen-bond donors (Lipinski definition) is 1. The molecule has 0 amide bonds. The lowest BCUT2D eigenvalue weighted by atomic mass is 9.88. The number of aliphatic hydroxyl groups excluding tert-OH is 1. The molecule has 1 aromatic rings. The zero-order valence-electron chi connectivity index (χ0n) is 11.2. The normalized spacial score (nSPS) is 13.3. The van der Waals surface area contributed by atoms with Gasteiger partial charge in [0.25, 0.3) is 5.69 Å². The van der Waals surface area contributed by atoms with Crippen LogP contribution < -0.4 is 0 Å². The summed E-state index contributed by atoms with van der Waals surface area (Å²) in [6.45, 7) is 6.43. The summed E-state index contributed by atoms with van der Waals surface area (Å²) in [4.78, 5) is 10.1. The molecule has 1 aromatic carbocycles. The van der Waals surface area contributed by atoms with Gasteiger partial charge in [0.1, 0.15) is 0 Å². The Hall–Kier alpha value is -1.42. The van der Waals surface area contributed by atoms with Crippen LogP contribution in [-0.2, 0) is 6.42 Å². The molecule has 4 nitrogen and oxygen atoms in total. The third-order valence-corrected chi connectivity index (χ3v) is 2.85. The zero-order chi connectivity index (χ0) is 13.8. The number of benzene rings is 1. The molecule has 0 spiro atoms. The average molecular weight is 251 g/mol. The second-order valence-electron chi connectivity index (χ2n) is 5.88. The molecule has 0 aliphatic carbocycles. The Labute approximate surface area is 108 Å². The Morgan fingerprint density at radius 2 is 1.83 bits per heavy atom. The molecular formula is C14H21NO3. The highest BCUT2D eigenvalue weighted by atomic mass is 16.6. The summed E-state index contributed by atoms with van der Waals surface area (Å²) in [7, 11) is 0. The summed E-state index contributed by atoms with van der Waals surface area (Å²) in [6, 6.07) is 6.37. The van der Waals surface area contributed by atoms with Gasteiger partial charge >= 0.3 is 0 Å². The van der Waals surface area contributed by atoms with Crippen molar-refractivity contribution < 1.29 is 10.0 Å². The molecule has 1 atom stereocenters. The van der Waals surface area contributed by atoms with E-state index in [0.717, 1.165) is 18.4 Å². The maximum Gasteiger partial charge on any atom is 0.269 e. The van der Waals surface area contributed by atoms with Crippen molar-refractivity contribution in [2.24, 2.45) is 5.41 Å². The first kappa shape index (κ1) is 14.6. The van der Waals surface area contributed by atoms with Gasteiger partial charge in [-0.1, -0.05) is 32.9 Å². The minimum Gasteiger partial charge on any atom is -0.393 e. The van der Waals surface area contributed by atoms with Crippen molar-refractivity contribution in [2.75, 3.05) is 0 Å². The fourth-order valence-electron chi connectivity index (χ4n) is 1.73. The Kier molecular flexibility index (Phi) is 4.84. The summed E-state index contributed by atoms with van der Waals surface area (Å²) in [5.41, 5.74) is 1.24. The van der Waals surface area contributed by atoms with Crippen molar-refractivity contribution >= 4 is 5.69 Å². The molecule has 1 N–H and O–H groups in total. The standard InChI is InChI=1S/C14H21NO3/c1-14(2,3)9-8-13(16)10-11-4-6-12(7-5-11)15(17)18/h4-7,13,16H,8-10H2,1-3H3. The summed E-state index contributed by atoms with van der Waals surface area (Å²) in [5.74, 6) is 0. The second kappa shape index (κ2) is 5.96. The lowest BCUT2D eigenvalue weighted by molar-refractivity contribution is -0.384. The molecule has 0 aliphatic heterocycles. The van der Waals surface area contributed by atoms with Gasteiger partial charge in [0, 0.05) is 12.1 Å². The van der Waals surface area contributed by atoms with E-state index in [0.29, 0.717) is 6.42 Å². The van der Waals surface area contributed by atoms with Gasteiger partial charge in [-0.05, 0) is 30.2 Å². The molecule has 0 saturated heterocycles. The van der Waals surface area contributed by atoms with Crippen LogP contribution in [0, 0.1) is 15.5 Å². The smallest absolute Gasteiger partial charge is 0.269 e. The summed E-state index contributed by atoms with van der Waals surface area (Å²) >= 11 is 0. The minimum absolute atomic E-state index is 0.0860. The van der Waals surface area contributed by atoms with Crippen LogP contribution in [0.15, 0.2) is 24.3 Å². The first-order chi connectivity index (χ1) is 8.28. The van der Waals surface area contributed by atoms with Crippen LogP contribution in [0.4, 0.5) is 5.69 Å². The van der Waals surface area contributed by atoms with Crippen molar-refractivity contribution in [3.05, 3.63) is 39.9 Å². The molecule has 4 heteroatoms. The molecule has 0 aromatic heterocycles. The van der Waals surface area contributed by atoms with Gasteiger partial charge in [0.15, 0.2) is 0 Å². The summed E-state index contributed by atoms with van der Waals surface area (Å²) in [5, 5.41) is 20.4. The molecule has 0 saturated carbocycles. The predicted octanol–water partition coefficient (Wildman–Crippen LogP) is 3.32. The van der Waals surface area contributed by atoms with Crippen molar-refractivity contribution in [3.8, 4) is 0 Å². The predicted molar refractivity (Wildman–Crippen MR) is 71.5 cm³/mol. The van der Waals surface area contributed by atoms with E-state index in [-0.39, 0.29) is 17.2 Å². The first-order valence-electron chi connectivity index (χ1n) is 6.19. The summed E-state index contributed by atoms with van der Waals surface area (Å²) in [6.07, 6.45) is 1.88. The van der Waals surface area contributed by atoms with Crippen LogP contribution in [0.5, 0.6) is 0 Å². The molecule has 0 bridgehead atoms. The fourth-order valence-corrected chi connectivity index (χ4v) is 1.73. The maximum absolute atomic E-state index is 10.5. The van der Waals surface area contributed by atoms with E-state index in [1.54, 1.807) is 12.1 Å². The fraction of sp³-hybridized carbons (Fsp3) is 0.571. The van der Waals surface area contributed by atoms with E-state index < -0.39 is 4.92 Å².